The molecule has 0 atom stereocenters. The van der Waals surface area contributed by atoms with E-state index in [2.05, 4.69) is 4.72 Å². The summed E-state index contributed by atoms with van der Waals surface area (Å²) >= 11 is 0. The summed E-state index contributed by atoms with van der Waals surface area (Å²) in [4.78, 5) is 0. The Kier molecular flexibility index (Phi) is 4.76. The van der Waals surface area contributed by atoms with Gasteiger partial charge >= 0.3 is 0 Å². The van der Waals surface area contributed by atoms with Crippen LogP contribution in [0, 0.1) is 0 Å². The zero-order valence-corrected chi connectivity index (χ0v) is 10.3. The van der Waals surface area contributed by atoms with E-state index in [0.29, 0.717) is 6.54 Å². The van der Waals surface area contributed by atoms with E-state index in [1.807, 2.05) is 24.3 Å². The maximum Gasteiger partial charge on any atom is 0.211 e. The van der Waals surface area contributed by atoms with Crippen LogP contribution < -0.4 is 10.5 Å². The monoisotopic (exact) mass is 242 g/mol. The highest BCUT2D eigenvalue weighted by Crippen LogP contribution is 2.07. The number of anilines is 1. The molecule has 5 heteroatoms. The van der Waals surface area contributed by atoms with Gasteiger partial charge in [0.25, 0.3) is 0 Å². The summed E-state index contributed by atoms with van der Waals surface area (Å²) in [5.74, 6) is 0.134. The van der Waals surface area contributed by atoms with E-state index in [-0.39, 0.29) is 5.75 Å². The minimum absolute atomic E-state index is 0.134. The number of hydrogen-bond donors (Lipinski definition) is 2. The first-order chi connectivity index (χ1) is 7.53. The van der Waals surface area contributed by atoms with Crippen LogP contribution in [0.2, 0.25) is 0 Å². The van der Waals surface area contributed by atoms with E-state index < -0.39 is 10.0 Å². The maximum absolute atomic E-state index is 11.1. The van der Waals surface area contributed by atoms with Crippen LogP contribution in [0.25, 0.3) is 0 Å². The Morgan fingerprint density at radius 1 is 1.25 bits per heavy atom. The second-order valence-electron chi connectivity index (χ2n) is 3.64. The van der Waals surface area contributed by atoms with Gasteiger partial charge in [0.1, 0.15) is 0 Å². The summed E-state index contributed by atoms with van der Waals surface area (Å²) in [7, 11) is -3.05. The van der Waals surface area contributed by atoms with Crippen molar-refractivity contribution in [3.05, 3.63) is 29.8 Å². The molecule has 3 N–H and O–H groups in total. The Bertz CT molecular complexity index is 412. The molecule has 1 aromatic rings. The molecule has 0 fully saturated rings. The molecule has 0 radical (unpaired) electrons. The van der Waals surface area contributed by atoms with Crippen molar-refractivity contribution in [2.24, 2.45) is 0 Å². The van der Waals surface area contributed by atoms with Crippen molar-refractivity contribution < 1.29 is 8.42 Å². The van der Waals surface area contributed by atoms with Crippen molar-refractivity contribution in [1.82, 2.24) is 4.72 Å². The van der Waals surface area contributed by atoms with Gasteiger partial charge in [-0.05, 0) is 37.5 Å². The van der Waals surface area contributed by atoms with E-state index in [0.717, 1.165) is 18.5 Å². The quantitative estimate of drug-likeness (QED) is 0.580. The average molecular weight is 242 g/mol. The molecule has 0 bridgehead atoms. The highest BCUT2D eigenvalue weighted by molar-refractivity contribution is 7.89. The van der Waals surface area contributed by atoms with Crippen molar-refractivity contribution in [3.8, 4) is 0 Å². The van der Waals surface area contributed by atoms with Crippen LogP contribution >= 0.6 is 0 Å². The Morgan fingerprint density at radius 3 is 2.44 bits per heavy atom. The lowest BCUT2D eigenvalue weighted by Crippen LogP contribution is -2.26. The molecule has 16 heavy (non-hydrogen) atoms. The molecule has 90 valence electrons. The number of nitrogen functional groups attached to an aromatic ring is 1. The van der Waals surface area contributed by atoms with Crippen LogP contribution in [0.15, 0.2) is 24.3 Å². The number of sulfonamides is 1. The van der Waals surface area contributed by atoms with Crippen LogP contribution in [-0.2, 0) is 16.4 Å². The van der Waals surface area contributed by atoms with Gasteiger partial charge in [0.2, 0.25) is 10.0 Å². The number of nitrogens with one attached hydrogen (secondary N) is 1. The summed E-state index contributed by atoms with van der Waals surface area (Å²) in [5, 5.41) is 0. The zero-order chi connectivity index (χ0) is 12.0. The Labute approximate surface area is 96.9 Å². The van der Waals surface area contributed by atoms with E-state index in [1.165, 1.54) is 5.56 Å². The number of rotatable bonds is 6. The number of aryl methyl sites for hydroxylation is 1. The third kappa shape index (κ3) is 4.63. The molecule has 1 rings (SSSR count). The lowest BCUT2D eigenvalue weighted by Gasteiger charge is -2.04. The molecular weight excluding hydrogens is 224 g/mol. The van der Waals surface area contributed by atoms with Crippen molar-refractivity contribution in [2.75, 3.05) is 18.0 Å². The minimum Gasteiger partial charge on any atom is -0.399 e. The van der Waals surface area contributed by atoms with Gasteiger partial charge in [0.05, 0.1) is 5.75 Å². The van der Waals surface area contributed by atoms with Gasteiger partial charge in [-0.3, -0.25) is 0 Å². The maximum atomic E-state index is 11.1. The summed E-state index contributed by atoms with van der Waals surface area (Å²) in [6, 6.07) is 7.63. The van der Waals surface area contributed by atoms with Gasteiger partial charge in [-0.2, -0.15) is 0 Å². The highest BCUT2D eigenvalue weighted by Gasteiger charge is 2.04. The molecule has 0 aromatic heterocycles. The van der Waals surface area contributed by atoms with Gasteiger partial charge < -0.3 is 5.73 Å². The van der Waals surface area contributed by atoms with E-state index >= 15 is 0 Å². The molecule has 0 aliphatic rings. The summed E-state index contributed by atoms with van der Waals surface area (Å²) in [6.07, 6.45) is 1.65. The third-order valence-electron chi connectivity index (χ3n) is 2.32. The van der Waals surface area contributed by atoms with Gasteiger partial charge in [0.15, 0.2) is 0 Å². The molecule has 0 spiro atoms. The predicted molar refractivity (Wildman–Crippen MR) is 66.6 cm³/mol. The van der Waals surface area contributed by atoms with Crippen LogP contribution in [0.1, 0.15) is 18.9 Å². The van der Waals surface area contributed by atoms with Crippen LogP contribution in [0.4, 0.5) is 5.69 Å². The average Bonchev–Trinajstić information content (AvgIpc) is 2.27. The molecule has 0 aliphatic carbocycles. The highest BCUT2D eigenvalue weighted by atomic mass is 32.2. The second kappa shape index (κ2) is 5.86. The van der Waals surface area contributed by atoms with E-state index in [4.69, 9.17) is 5.73 Å². The summed E-state index contributed by atoms with van der Waals surface area (Å²) < 4.78 is 24.8. The standard InChI is InChI=1S/C11H18N2O2S/c1-2-16(14,15)13-9-3-4-10-5-7-11(12)8-6-10/h5-8,13H,2-4,9,12H2,1H3. The van der Waals surface area contributed by atoms with Gasteiger partial charge in [0, 0.05) is 12.2 Å². The van der Waals surface area contributed by atoms with Gasteiger partial charge in [-0.1, -0.05) is 12.1 Å². The van der Waals surface area contributed by atoms with Crippen LogP contribution in [0.3, 0.4) is 0 Å². The fourth-order valence-corrected chi connectivity index (χ4v) is 1.97. The summed E-state index contributed by atoms with van der Waals surface area (Å²) in [6.45, 7) is 2.11. The number of nitrogens with two attached hydrogens (primary N) is 1. The van der Waals surface area contributed by atoms with E-state index in [1.54, 1.807) is 6.92 Å². The first kappa shape index (κ1) is 13.0. The fourth-order valence-electron chi connectivity index (χ4n) is 1.31. The predicted octanol–water partition coefficient (Wildman–Crippen LogP) is 1.14. The second-order valence-corrected chi connectivity index (χ2v) is 5.74. The molecule has 0 aliphatic heterocycles. The molecule has 1 aromatic carbocycles. The fraction of sp³-hybridized carbons (Fsp3) is 0.455. The largest absolute Gasteiger partial charge is 0.399 e. The normalized spacial score (nSPS) is 11.6. The Hall–Kier alpha value is -1.07. The Morgan fingerprint density at radius 2 is 1.88 bits per heavy atom. The first-order valence-electron chi connectivity index (χ1n) is 5.35. The molecule has 0 unspecified atom stereocenters. The van der Waals surface area contributed by atoms with Gasteiger partial charge in [-0.25, -0.2) is 13.1 Å². The lowest BCUT2D eigenvalue weighted by atomic mass is 10.1. The zero-order valence-electron chi connectivity index (χ0n) is 9.44. The van der Waals surface area contributed by atoms with Crippen LogP contribution in [-0.4, -0.2) is 20.7 Å². The van der Waals surface area contributed by atoms with Crippen molar-refractivity contribution >= 4 is 15.7 Å². The minimum atomic E-state index is -3.05. The van der Waals surface area contributed by atoms with Crippen molar-refractivity contribution in [2.45, 2.75) is 19.8 Å². The van der Waals surface area contributed by atoms with Crippen LogP contribution in [0.5, 0.6) is 0 Å². The third-order valence-corrected chi connectivity index (χ3v) is 3.73. The molecule has 0 saturated carbocycles. The molecule has 0 amide bonds. The number of benzene rings is 1. The molecule has 0 heterocycles. The van der Waals surface area contributed by atoms with Crippen molar-refractivity contribution in [3.63, 3.8) is 0 Å². The summed E-state index contributed by atoms with van der Waals surface area (Å²) in [5.41, 5.74) is 7.48. The molecule has 0 saturated heterocycles. The van der Waals surface area contributed by atoms with E-state index in [9.17, 15) is 8.42 Å². The first-order valence-corrected chi connectivity index (χ1v) is 7.00. The SMILES string of the molecule is CCS(=O)(=O)NCCCc1ccc(N)cc1. The lowest BCUT2D eigenvalue weighted by molar-refractivity contribution is 0.580. The number of hydrogen-bond acceptors (Lipinski definition) is 3. The van der Waals surface area contributed by atoms with Crippen molar-refractivity contribution in [1.29, 1.82) is 0 Å². The molecular formula is C11H18N2O2S. The van der Waals surface area contributed by atoms with Gasteiger partial charge in [-0.15, -0.1) is 0 Å². The topological polar surface area (TPSA) is 72.2 Å². The molecule has 4 nitrogen and oxygen atoms in total. The smallest absolute Gasteiger partial charge is 0.211 e. The Balaban J connectivity index is 2.29.